The zero-order valence-electron chi connectivity index (χ0n) is 17.0. The number of amides is 1. The Hall–Kier alpha value is -2.83. The highest BCUT2D eigenvalue weighted by molar-refractivity contribution is 7.99. The van der Waals surface area contributed by atoms with Crippen molar-refractivity contribution in [3.8, 4) is 0 Å². The van der Waals surface area contributed by atoms with Crippen molar-refractivity contribution in [3.63, 3.8) is 0 Å². The van der Waals surface area contributed by atoms with Gasteiger partial charge in [0, 0.05) is 26.4 Å². The van der Waals surface area contributed by atoms with Crippen molar-refractivity contribution >= 4 is 40.9 Å². The fourth-order valence-electron chi connectivity index (χ4n) is 3.04. The molecular formula is C24H21ClFNO3S. The third-order valence-electron chi connectivity index (χ3n) is 4.74. The van der Waals surface area contributed by atoms with Crippen LogP contribution in [0.3, 0.4) is 0 Å². The predicted molar refractivity (Wildman–Crippen MR) is 122 cm³/mol. The maximum absolute atomic E-state index is 13.1. The fraction of sp³-hybridized carbons (Fsp3) is 0.167. The number of nitrogens with one attached hydrogen (secondary N) is 1. The van der Waals surface area contributed by atoms with Gasteiger partial charge in [0.05, 0.1) is 5.56 Å². The van der Waals surface area contributed by atoms with E-state index in [0.717, 1.165) is 20.9 Å². The monoisotopic (exact) mass is 457 g/mol. The van der Waals surface area contributed by atoms with Gasteiger partial charge < -0.3 is 10.4 Å². The third-order valence-corrected chi connectivity index (χ3v) is 6.26. The summed E-state index contributed by atoms with van der Waals surface area (Å²) in [6, 6.07) is 16.2. The number of hydrogen-bond donors (Lipinski definition) is 2. The summed E-state index contributed by atoms with van der Waals surface area (Å²) in [6.45, 7) is 3.76. The fourth-order valence-corrected chi connectivity index (χ4v) is 4.27. The van der Waals surface area contributed by atoms with Crippen molar-refractivity contribution in [2.24, 2.45) is 5.92 Å². The van der Waals surface area contributed by atoms with Crippen molar-refractivity contribution in [2.45, 2.75) is 30.1 Å². The van der Waals surface area contributed by atoms with Crippen LogP contribution in [0.5, 0.6) is 0 Å². The average molecular weight is 458 g/mol. The smallest absolute Gasteiger partial charge is 0.335 e. The minimum Gasteiger partial charge on any atom is -0.478 e. The second-order valence-electron chi connectivity index (χ2n) is 7.25. The van der Waals surface area contributed by atoms with E-state index >= 15 is 0 Å². The first-order valence-corrected chi connectivity index (χ1v) is 10.8. The van der Waals surface area contributed by atoms with Crippen LogP contribution in [0.1, 0.15) is 28.4 Å². The summed E-state index contributed by atoms with van der Waals surface area (Å²) in [5, 5.41) is 12.4. The Morgan fingerprint density at radius 1 is 1.13 bits per heavy atom. The summed E-state index contributed by atoms with van der Waals surface area (Å²) < 4.78 is 13.1. The number of aryl methyl sites for hydroxylation is 1. The summed E-state index contributed by atoms with van der Waals surface area (Å²) in [4.78, 5) is 25.6. The maximum Gasteiger partial charge on any atom is 0.335 e. The van der Waals surface area contributed by atoms with Crippen LogP contribution in [0.25, 0.3) is 0 Å². The number of carboxylic acids is 1. The molecule has 0 aliphatic carbocycles. The quantitative estimate of drug-likeness (QED) is 0.427. The average Bonchev–Trinajstić information content (AvgIpc) is 2.73. The molecule has 0 heterocycles. The number of carbonyl (C=O) groups excluding carboxylic acids is 1. The van der Waals surface area contributed by atoms with Crippen LogP contribution in [0, 0.1) is 18.7 Å². The Kier molecular flexibility index (Phi) is 7.36. The van der Waals surface area contributed by atoms with Crippen LogP contribution >= 0.6 is 23.4 Å². The minimum atomic E-state index is -1.05. The van der Waals surface area contributed by atoms with Gasteiger partial charge in [0.25, 0.3) is 0 Å². The normalized spacial score (nSPS) is 11.7. The summed E-state index contributed by atoms with van der Waals surface area (Å²) in [5.74, 6) is -1.93. The van der Waals surface area contributed by atoms with Gasteiger partial charge in [-0.3, -0.25) is 4.79 Å². The first-order chi connectivity index (χ1) is 14.7. The molecule has 160 valence electrons. The molecule has 3 rings (SSSR count). The Morgan fingerprint density at radius 3 is 2.52 bits per heavy atom. The van der Waals surface area contributed by atoms with E-state index in [0.29, 0.717) is 17.1 Å². The van der Waals surface area contributed by atoms with Gasteiger partial charge in [-0.15, -0.1) is 0 Å². The largest absolute Gasteiger partial charge is 0.478 e. The van der Waals surface area contributed by atoms with Crippen molar-refractivity contribution < 1.29 is 19.1 Å². The lowest BCUT2D eigenvalue weighted by molar-refractivity contribution is -0.119. The van der Waals surface area contributed by atoms with Crippen molar-refractivity contribution in [2.75, 3.05) is 5.32 Å². The van der Waals surface area contributed by atoms with Crippen molar-refractivity contribution in [3.05, 3.63) is 88.2 Å². The van der Waals surface area contributed by atoms with E-state index in [1.807, 2.05) is 19.1 Å². The zero-order chi connectivity index (χ0) is 22.5. The lowest BCUT2D eigenvalue weighted by atomic mass is 9.98. The highest BCUT2D eigenvalue weighted by atomic mass is 35.5. The van der Waals surface area contributed by atoms with Crippen LogP contribution in [0.4, 0.5) is 10.1 Å². The van der Waals surface area contributed by atoms with Gasteiger partial charge in [-0.05, 0) is 73.0 Å². The van der Waals surface area contributed by atoms with Crippen molar-refractivity contribution in [1.29, 1.82) is 0 Å². The van der Waals surface area contributed by atoms with Crippen LogP contribution in [-0.2, 0) is 11.2 Å². The molecule has 1 atom stereocenters. The van der Waals surface area contributed by atoms with E-state index in [2.05, 4.69) is 5.32 Å². The van der Waals surface area contributed by atoms with E-state index in [9.17, 15) is 14.0 Å². The maximum atomic E-state index is 13.1. The minimum absolute atomic E-state index is 0.110. The molecule has 0 saturated carbocycles. The summed E-state index contributed by atoms with van der Waals surface area (Å²) in [6.07, 6.45) is 0.436. The van der Waals surface area contributed by atoms with E-state index in [1.54, 1.807) is 31.2 Å². The molecular weight excluding hydrogens is 437 g/mol. The van der Waals surface area contributed by atoms with Crippen LogP contribution in [0.15, 0.2) is 70.5 Å². The molecule has 0 saturated heterocycles. The number of benzene rings is 3. The van der Waals surface area contributed by atoms with Crippen molar-refractivity contribution in [1.82, 2.24) is 0 Å². The van der Waals surface area contributed by atoms with Crippen LogP contribution < -0.4 is 5.32 Å². The second kappa shape index (κ2) is 9.98. The standard InChI is InChI=1S/C24H21ClFNO3S/c1-14-10-17(21(25)13-22(14)31-20-8-6-18(26)7-9-20)11-15(2)23(28)27-19-5-3-4-16(12-19)24(29)30/h3-10,12-13,15H,11H2,1-2H3,(H,27,28)(H,29,30). The second-order valence-corrected chi connectivity index (χ2v) is 8.77. The van der Waals surface area contributed by atoms with Gasteiger partial charge in [-0.25, -0.2) is 9.18 Å². The molecule has 31 heavy (non-hydrogen) atoms. The Morgan fingerprint density at radius 2 is 1.84 bits per heavy atom. The first-order valence-electron chi connectivity index (χ1n) is 9.59. The predicted octanol–water partition coefficient (Wildman–Crippen LogP) is 6.45. The molecule has 1 unspecified atom stereocenters. The van der Waals surface area contributed by atoms with Gasteiger partial charge in [0.2, 0.25) is 5.91 Å². The van der Waals surface area contributed by atoms with Gasteiger partial charge in [0.15, 0.2) is 0 Å². The highest BCUT2D eigenvalue weighted by Crippen LogP contribution is 2.34. The Bertz CT molecular complexity index is 1120. The number of halogens is 2. The lowest BCUT2D eigenvalue weighted by Gasteiger charge is -2.15. The Labute approximate surface area is 189 Å². The molecule has 1 amide bonds. The molecule has 0 bridgehead atoms. The molecule has 0 spiro atoms. The molecule has 0 aliphatic rings. The molecule has 0 aliphatic heterocycles. The van der Waals surface area contributed by atoms with E-state index in [1.165, 1.54) is 36.0 Å². The molecule has 0 fully saturated rings. The molecule has 0 radical (unpaired) electrons. The van der Waals surface area contributed by atoms with E-state index < -0.39 is 5.97 Å². The number of carboxylic acid groups (broad SMARTS) is 1. The zero-order valence-corrected chi connectivity index (χ0v) is 18.6. The number of carbonyl (C=O) groups is 2. The van der Waals surface area contributed by atoms with Crippen LogP contribution in [-0.4, -0.2) is 17.0 Å². The summed E-state index contributed by atoms with van der Waals surface area (Å²) >= 11 is 7.99. The van der Waals surface area contributed by atoms with Gasteiger partial charge in [-0.2, -0.15) is 0 Å². The Balaban J connectivity index is 1.69. The summed E-state index contributed by atoms with van der Waals surface area (Å²) in [7, 11) is 0. The molecule has 2 N–H and O–H groups in total. The molecule has 3 aromatic carbocycles. The van der Waals surface area contributed by atoms with E-state index in [-0.39, 0.29) is 23.2 Å². The molecule has 0 aromatic heterocycles. The van der Waals surface area contributed by atoms with Crippen LogP contribution in [0.2, 0.25) is 5.02 Å². The number of rotatable bonds is 7. The number of hydrogen-bond acceptors (Lipinski definition) is 3. The molecule has 3 aromatic rings. The number of aromatic carboxylic acids is 1. The van der Waals surface area contributed by atoms with Gasteiger partial charge in [0.1, 0.15) is 5.82 Å². The first kappa shape index (κ1) is 22.8. The van der Waals surface area contributed by atoms with E-state index in [4.69, 9.17) is 16.7 Å². The van der Waals surface area contributed by atoms with Gasteiger partial charge in [-0.1, -0.05) is 42.4 Å². The summed E-state index contributed by atoms with van der Waals surface area (Å²) in [5.41, 5.74) is 2.41. The number of anilines is 1. The lowest BCUT2D eigenvalue weighted by Crippen LogP contribution is -2.22. The third kappa shape index (κ3) is 6.09. The SMILES string of the molecule is Cc1cc(CC(C)C(=O)Nc2cccc(C(=O)O)c2)c(Cl)cc1Sc1ccc(F)cc1. The molecule has 7 heteroatoms. The highest BCUT2D eigenvalue weighted by Gasteiger charge is 2.17. The molecule has 4 nitrogen and oxygen atoms in total. The van der Waals surface area contributed by atoms with Gasteiger partial charge >= 0.3 is 5.97 Å². The topological polar surface area (TPSA) is 66.4 Å².